The van der Waals surface area contributed by atoms with Crippen LogP contribution in [-0.2, 0) is 14.8 Å². The van der Waals surface area contributed by atoms with Crippen LogP contribution in [0.2, 0.25) is 0 Å². The molecule has 0 saturated carbocycles. The first-order valence-corrected chi connectivity index (χ1v) is 9.17. The third-order valence-electron chi connectivity index (χ3n) is 3.16. The van der Waals surface area contributed by atoms with Crippen molar-refractivity contribution in [3.8, 4) is 0 Å². The molecule has 124 valence electrons. The number of carbonyl (C=O) groups is 1. The second-order valence-corrected chi connectivity index (χ2v) is 7.73. The molecule has 0 bridgehead atoms. The number of H-pyrrole nitrogens is 1. The molecule has 1 amide bonds. The van der Waals surface area contributed by atoms with E-state index in [0.29, 0.717) is 21.6 Å². The Hall–Kier alpha value is -2.65. The van der Waals surface area contributed by atoms with E-state index in [4.69, 9.17) is 0 Å². The van der Waals surface area contributed by atoms with Gasteiger partial charge in [0.25, 0.3) is 10.0 Å². The molecule has 0 aliphatic heterocycles. The summed E-state index contributed by atoms with van der Waals surface area (Å²) in [5, 5.41) is 2.60. The molecule has 0 atom stereocenters. The Morgan fingerprint density at radius 3 is 2.42 bits per heavy atom. The Bertz CT molecular complexity index is 1070. The summed E-state index contributed by atoms with van der Waals surface area (Å²) in [5.74, 6) is -0.206. The number of rotatable bonds is 4. The van der Waals surface area contributed by atoms with Crippen molar-refractivity contribution in [2.75, 3.05) is 10.0 Å². The lowest BCUT2D eigenvalue weighted by Gasteiger charge is -2.09. The van der Waals surface area contributed by atoms with E-state index in [9.17, 15) is 18.0 Å². The van der Waals surface area contributed by atoms with Gasteiger partial charge in [-0.25, -0.2) is 8.42 Å². The Morgan fingerprint density at radius 2 is 1.75 bits per heavy atom. The molecule has 0 saturated heterocycles. The van der Waals surface area contributed by atoms with Gasteiger partial charge in [0, 0.05) is 18.3 Å². The molecule has 0 aliphatic carbocycles. The van der Waals surface area contributed by atoms with Gasteiger partial charge in [-0.15, -0.1) is 0 Å². The van der Waals surface area contributed by atoms with Gasteiger partial charge in [-0.05, 0) is 42.5 Å². The highest BCUT2D eigenvalue weighted by Gasteiger charge is 2.15. The number of sulfonamides is 1. The van der Waals surface area contributed by atoms with Gasteiger partial charge in [-0.2, -0.15) is 0 Å². The molecular formula is C15H13N3O4S2. The fourth-order valence-electron chi connectivity index (χ4n) is 2.13. The average Bonchev–Trinajstić information content (AvgIpc) is 2.87. The maximum atomic E-state index is 12.5. The first-order valence-electron chi connectivity index (χ1n) is 6.87. The van der Waals surface area contributed by atoms with Crippen molar-refractivity contribution in [2.24, 2.45) is 0 Å². The smallest absolute Gasteiger partial charge is 0.305 e. The van der Waals surface area contributed by atoms with E-state index in [2.05, 4.69) is 15.0 Å². The lowest BCUT2D eigenvalue weighted by Crippen LogP contribution is -2.13. The zero-order chi connectivity index (χ0) is 17.3. The molecule has 3 rings (SSSR count). The second-order valence-electron chi connectivity index (χ2n) is 5.04. The SMILES string of the molecule is CC(=O)Nc1ccc(NS(=O)(=O)c2ccc3[nH]c(=O)sc3c2)cc1. The molecule has 0 unspecified atom stereocenters. The largest absolute Gasteiger partial charge is 0.326 e. The number of nitrogens with one attached hydrogen (secondary N) is 3. The van der Waals surface area contributed by atoms with Crippen LogP contribution in [0.3, 0.4) is 0 Å². The van der Waals surface area contributed by atoms with Gasteiger partial charge in [-0.3, -0.25) is 14.3 Å². The Labute approximate surface area is 141 Å². The van der Waals surface area contributed by atoms with Gasteiger partial charge in [0.2, 0.25) is 5.91 Å². The summed E-state index contributed by atoms with van der Waals surface area (Å²) >= 11 is 0.953. The Morgan fingerprint density at radius 1 is 1.08 bits per heavy atom. The van der Waals surface area contributed by atoms with E-state index in [1.807, 2.05) is 0 Å². The van der Waals surface area contributed by atoms with Crippen LogP contribution in [0.1, 0.15) is 6.92 Å². The number of hydrogen-bond donors (Lipinski definition) is 3. The monoisotopic (exact) mass is 363 g/mol. The minimum atomic E-state index is -3.78. The molecular weight excluding hydrogens is 350 g/mol. The zero-order valence-electron chi connectivity index (χ0n) is 12.5. The van der Waals surface area contributed by atoms with Gasteiger partial charge in [0.05, 0.1) is 15.1 Å². The molecule has 1 aromatic heterocycles. The number of amides is 1. The lowest BCUT2D eigenvalue weighted by atomic mass is 10.3. The molecule has 0 spiro atoms. The molecule has 3 aromatic rings. The van der Waals surface area contributed by atoms with Gasteiger partial charge in [0.1, 0.15) is 0 Å². The van der Waals surface area contributed by atoms with Crippen molar-refractivity contribution in [3.63, 3.8) is 0 Å². The van der Waals surface area contributed by atoms with E-state index >= 15 is 0 Å². The van der Waals surface area contributed by atoms with E-state index in [0.717, 1.165) is 11.3 Å². The number of thiazole rings is 1. The summed E-state index contributed by atoms with van der Waals surface area (Å²) in [6, 6.07) is 10.7. The summed E-state index contributed by atoms with van der Waals surface area (Å²) in [6.45, 7) is 1.39. The zero-order valence-corrected chi connectivity index (χ0v) is 14.1. The van der Waals surface area contributed by atoms with Crippen molar-refractivity contribution in [2.45, 2.75) is 11.8 Å². The van der Waals surface area contributed by atoms with Gasteiger partial charge >= 0.3 is 4.87 Å². The predicted molar refractivity (Wildman–Crippen MR) is 94.0 cm³/mol. The van der Waals surface area contributed by atoms with Crippen molar-refractivity contribution in [1.29, 1.82) is 0 Å². The van der Waals surface area contributed by atoms with Gasteiger partial charge < -0.3 is 10.3 Å². The minimum Gasteiger partial charge on any atom is -0.326 e. The van der Waals surface area contributed by atoms with Crippen LogP contribution in [-0.4, -0.2) is 19.3 Å². The number of anilines is 2. The normalized spacial score (nSPS) is 11.4. The summed E-state index contributed by atoms with van der Waals surface area (Å²) in [4.78, 5) is 24.7. The summed E-state index contributed by atoms with van der Waals surface area (Å²) in [7, 11) is -3.78. The third kappa shape index (κ3) is 3.47. The minimum absolute atomic E-state index is 0.0659. The quantitative estimate of drug-likeness (QED) is 0.661. The first kappa shape index (κ1) is 16.2. The van der Waals surface area contributed by atoms with Crippen molar-refractivity contribution in [1.82, 2.24) is 4.98 Å². The number of aromatic nitrogens is 1. The highest BCUT2D eigenvalue weighted by molar-refractivity contribution is 7.92. The van der Waals surface area contributed by atoms with Crippen molar-refractivity contribution < 1.29 is 13.2 Å². The third-order valence-corrected chi connectivity index (χ3v) is 5.38. The van der Waals surface area contributed by atoms with E-state index < -0.39 is 10.0 Å². The molecule has 1 heterocycles. The molecule has 7 nitrogen and oxygen atoms in total. The van der Waals surface area contributed by atoms with E-state index in [-0.39, 0.29) is 15.7 Å². The van der Waals surface area contributed by atoms with Crippen LogP contribution in [0, 0.1) is 0 Å². The number of fused-ring (bicyclic) bond motifs is 1. The van der Waals surface area contributed by atoms with Crippen LogP contribution in [0.5, 0.6) is 0 Å². The van der Waals surface area contributed by atoms with Crippen LogP contribution in [0.15, 0.2) is 52.2 Å². The average molecular weight is 363 g/mol. The van der Waals surface area contributed by atoms with Crippen LogP contribution >= 0.6 is 11.3 Å². The maximum absolute atomic E-state index is 12.5. The topological polar surface area (TPSA) is 108 Å². The molecule has 3 N–H and O–H groups in total. The van der Waals surface area contributed by atoms with Gasteiger partial charge in [-0.1, -0.05) is 11.3 Å². The number of carbonyl (C=O) groups excluding carboxylic acids is 1. The predicted octanol–water partition coefficient (Wildman–Crippen LogP) is 2.35. The van der Waals surface area contributed by atoms with E-state index in [1.165, 1.54) is 19.1 Å². The van der Waals surface area contributed by atoms with Crippen molar-refractivity contribution in [3.05, 3.63) is 52.1 Å². The molecule has 0 aliphatic rings. The van der Waals surface area contributed by atoms with Crippen LogP contribution < -0.4 is 14.9 Å². The first-order chi connectivity index (χ1) is 11.3. The van der Waals surface area contributed by atoms with Crippen LogP contribution in [0.4, 0.5) is 11.4 Å². The number of aromatic amines is 1. The summed E-state index contributed by atoms with van der Waals surface area (Å²) in [5.41, 5.74) is 1.54. The lowest BCUT2D eigenvalue weighted by molar-refractivity contribution is -0.114. The molecule has 0 fully saturated rings. The Balaban J connectivity index is 1.86. The van der Waals surface area contributed by atoms with Crippen molar-refractivity contribution >= 4 is 48.9 Å². The fourth-order valence-corrected chi connectivity index (χ4v) is 4.07. The number of hydrogen-bond acceptors (Lipinski definition) is 5. The Kier molecular flexibility index (Phi) is 4.12. The highest BCUT2D eigenvalue weighted by Crippen LogP contribution is 2.22. The second kappa shape index (κ2) is 6.10. The summed E-state index contributed by atoms with van der Waals surface area (Å²) in [6.07, 6.45) is 0. The maximum Gasteiger partial charge on any atom is 0.305 e. The fraction of sp³-hybridized carbons (Fsp3) is 0.0667. The summed E-state index contributed by atoms with van der Waals surface area (Å²) < 4.78 is 27.9. The molecule has 9 heteroatoms. The molecule has 24 heavy (non-hydrogen) atoms. The van der Waals surface area contributed by atoms with Crippen LogP contribution in [0.25, 0.3) is 10.2 Å². The van der Waals surface area contributed by atoms with E-state index in [1.54, 1.807) is 30.3 Å². The molecule has 2 aromatic carbocycles. The van der Waals surface area contributed by atoms with Gasteiger partial charge in [0.15, 0.2) is 0 Å². The number of benzene rings is 2. The highest BCUT2D eigenvalue weighted by atomic mass is 32.2. The standard InChI is InChI=1S/C15H13N3O4S2/c1-9(19)16-10-2-4-11(5-3-10)18-24(21,22)12-6-7-13-14(8-12)23-15(20)17-13/h2-8,18H,1H3,(H,16,19)(H,17,20). The molecule has 0 radical (unpaired) electrons.